The van der Waals surface area contributed by atoms with Gasteiger partial charge in [0, 0.05) is 44.2 Å². The van der Waals surface area contributed by atoms with Crippen LogP contribution < -0.4 is 10.9 Å². The summed E-state index contributed by atoms with van der Waals surface area (Å²) in [6, 6.07) is 12.7. The summed E-state index contributed by atoms with van der Waals surface area (Å²) in [4.78, 5) is 20.6. The van der Waals surface area contributed by atoms with Gasteiger partial charge in [-0.3, -0.25) is 9.69 Å². The van der Waals surface area contributed by atoms with Gasteiger partial charge in [0.2, 0.25) is 5.75 Å². The maximum absolute atomic E-state index is 14.9. The first kappa shape index (κ1) is 26.5. The van der Waals surface area contributed by atoms with Gasteiger partial charge in [0.1, 0.15) is 12.5 Å². The maximum Gasteiger partial charge on any atom is 0.293 e. The minimum atomic E-state index is -0.661. The highest BCUT2D eigenvalue weighted by molar-refractivity contribution is 5.45. The van der Waals surface area contributed by atoms with Crippen molar-refractivity contribution in [2.75, 3.05) is 46.1 Å². The van der Waals surface area contributed by atoms with Crippen molar-refractivity contribution in [3.8, 4) is 17.6 Å². The minimum absolute atomic E-state index is 0.123. The lowest BCUT2D eigenvalue weighted by Gasteiger charge is -2.26. The highest BCUT2D eigenvalue weighted by Crippen LogP contribution is 2.24. The molecule has 0 saturated carbocycles. The summed E-state index contributed by atoms with van der Waals surface area (Å²) >= 11 is 0. The molecule has 4 rings (SSSR count). The van der Waals surface area contributed by atoms with Crippen LogP contribution in [0.25, 0.3) is 0 Å². The molecule has 1 aromatic heterocycles. The number of nitrogens with one attached hydrogen (secondary N) is 2. The third kappa shape index (κ3) is 7.46. The second kappa shape index (κ2) is 13.1. The van der Waals surface area contributed by atoms with Gasteiger partial charge in [0.05, 0.1) is 30.8 Å². The summed E-state index contributed by atoms with van der Waals surface area (Å²) < 4.78 is 32.8. The molecule has 3 aromatic rings. The summed E-state index contributed by atoms with van der Waals surface area (Å²) in [6.45, 7) is 4.06. The lowest BCUT2D eigenvalue weighted by Crippen LogP contribution is -2.35. The molecular weight excluding hydrogens is 478 g/mol. The Bertz CT molecular complexity index is 1300. The number of hydrogen-bond acceptors (Lipinski definition) is 6. The monoisotopic (exact) mass is 508 g/mol. The van der Waals surface area contributed by atoms with Gasteiger partial charge in [0.15, 0.2) is 0 Å². The number of aromatic amines is 1. The summed E-state index contributed by atoms with van der Waals surface area (Å²) in [5.74, 6) is 4.50. The van der Waals surface area contributed by atoms with Gasteiger partial charge in [-0.1, -0.05) is 30.0 Å². The molecule has 0 spiro atoms. The Balaban J connectivity index is 1.44. The van der Waals surface area contributed by atoms with Gasteiger partial charge in [-0.2, -0.15) is 0 Å². The van der Waals surface area contributed by atoms with E-state index in [9.17, 15) is 18.7 Å². The largest absolute Gasteiger partial charge is 0.502 e. The van der Waals surface area contributed by atoms with E-state index >= 15 is 0 Å². The van der Waals surface area contributed by atoms with E-state index in [0.29, 0.717) is 12.0 Å². The van der Waals surface area contributed by atoms with Crippen LogP contribution in [0, 0.1) is 17.7 Å². The van der Waals surface area contributed by atoms with E-state index < -0.39 is 29.7 Å². The fraction of sp³-hybridized carbons (Fsp3) is 0.357. The lowest BCUT2D eigenvalue weighted by molar-refractivity contribution is 0.0342. The van der Waals surface area contributed by atoms with E-state index in [0.717, 1.165) is 38.4 Å². The predicted molar refractivity (Wildman–Crippen MR) is 137 cm³/mol. The van der Waals surface area contributed by atoms with E-state index in [1.165, 1.54) is 18.0 Å². The van der Waals surface area contributed by atoms with Gasteiger partial charge in [-0.15, -0.1) is 0 Å². The van der Waals surface area contributed by atoms with Gasteiger partial charge < -0.3 is 20.1 Å². The van der Waals surface area contributed by atoms with Crippen LogP contribution in [-0.4, -0.2) is 66.0 Å². The summed E-state index contributed by atoms with van der Waals surface area (Å²) in [6.07, 6.45) is 1.49. The number of H-pyrrole nitrogens is 1. The van der Waals surface area contributed by atoms with Crippen LogP contribution in [0.5, 0.6) is 5.75 Å². The molecule has 2 aromatic carbocycles. The number of aromatic nitrogens is 2. The topological polar surface area (TPSA) is 90.5 Å². The fourth-order valence-electron chi connectivity index (χ4n) is 4.24. The van der Waals surface area contributed by atoms with Crippen LogP contribution in [0.2, 0.25) is 0 Å². The summed E-state index contributed by atoms with van der Waals surface area (Å²) in [7, 11) is 0. The number of nitrogens with zero attached hydrogens (tertiary/aromatic N) is 2. The van der Waals surface area contributed by atoms with E-state index in [2.05, 4.69) is 32.0 Å². The Morgan fingerprint density at radius 3 is 2.62 bits per heavy atom. The fourth-order valence-corrected chi connectivity index (χ4v) is 4.24. The van der Waals surface area contributed by atoms with Crippen molar-refractivity contribution < 1.29 is 18.6 Å². The smallest absolute Gasteiger partial charge is 0.293 e. The lowest BCUT2D eigenvalue weighted by atomic mass is 9.94. The number of rotatable bonds is 9. The van der Waals surface area contributed by atoms with E-state index in [-0.39, 0.29) is 24.3 Å². The SMILES string of the molecule is O=c1[nH]cnc(C(CNCCF)Cc2ccc(C#Cc3ccc(CN4CCOCC4)cc3)c(F)c2)c1O. The minimum Gasteiger partial charge on any atom is -0.502 e. The predicted octanol–water partition coefficient (Wildman–Crippen LogP) is 2.73. The number of aromatic hydroxyl groups is 1. The van der Waals surface area contributed by atoms with Crippen molar-refractivity contribution in [2.24, 2.45) is 0 Å². The zero-order valence-corrected chi connectivity index (χ0v) is 20.5. The summed E-state index contributed by atoms with van der Waals surface area (Å²) in [5, 5.41) is 13.1. The van der Waals surface area contributed by atoms with Gasteiger partial charge in [0.25, 0.3) is 5.56 Å². The Morgan fingerprint density at radius 1 is 1.14 bits per heavy atom. The Kier molecular flexibility index (Phi) is 9.38. The molecule has 9 heteroatoms. The zero-order chi connectivity index (χ0) is 26.0. The second-order valence-corrected chi connectivity index (χ2v) is 8.91. The number of halogens is 2. The molecule has 194 valence electrons. The molecule has 0 bridgehead atoms. The highest BCUT2D eigenvalue weighted by Gasteiger charge is 2.20. The van der Waals surface area contributed by atoms with Crippen molar-refractivity contribution in [1.29, 1.82) is 0 Å². The molecule has 1 saturated heterocycles. The van der Waals surface area contributed by atoms with Gasteiger partial charge in [-0.05, 0) is 41.8 Å². The quantitative estimate of drug-likeness (QED) is 0.304. The van der Waals surface area contributed by atoms with Crippen molar-refractivity contribution in [3.63, 3.8) is 0 Å². The molecule has 3 N–H and O–H groups in total. The summed E-state index contributed by atoms with van der Waals surface area (Å²) in [5.41, 5.74) is 2.42. The molecule has 1 aliphatic heterocycles. The van der Waals surface area contributed by atoms with E-state index in [4.69, 9.17) is 4.74 Å². The molecule has 1 fully saturated rings. The van der Waals surface area contributed by atoms with Crippen LogP contribution in [-0.2, 0) is 17.7 Å². The maximum atomic E-state index is 14.9. The van der Waals surface area contributed by atoms with Gasteiger partial charge >= 0.3 is 0 Å². The molecule has 0 aliphatic carbocycles. The number of benzene rings is 2. The molecule has 1 aliphatic rings. The Labute approximate surface area is 214 Å². The molecule has 7 nitrogen and oxygen atoms in total. The van der Waals surface area contributed by atoms with Crippen LogP contribution in [0.4, 0.5) is 8.78 Å². The first-order valence-corrected chi connectivity index (χ1v) is 12.3. The average Bonchev–Trinajstić information content (AvgIpc) is 2.91. The molecule has 1 atom stereocenters. The van der Waals surface area contributed by atoms with Crippen molar-refractivity contribution in [3.05, 3.63) is 92.9 Å². The van der Waals surface area contributed by atoms with Crippen molar-refractivity contribution in [1.82, 2.24) is 20.2 Å². The normalized spacial score (nSPS) is 14.6. The molecule has 0 radical (unpaired) electrons. The Morgan fingerprint density at radius 2 is 1.89 bits per heavy atom. The molecule has 37 heavy (non-hydrogen) atoms. The van der Waals surface area contributed by atoms with Gasteiger partial charge in [-0.25, -0.2) is 13.8 Å². The molecular formula is C28H30F2N4O3. The average molecular weight is 509 g/mol. The molecule has 0 amide bonds. The van der Waals surface area contributed by atoms with Crippen LogP contribution in [0.15, 0.2) is 53.6 Å². The Hall–Kier alpha value is -3.58. The van der Waals surface area contributed by atoms with Crippen LogP contribution in [0.3, 0.4) is 0 Å². The standard InChI is InChI=1S/C28H30F2N4O3/c29-9-10-31-17-24(26-27(35)28(36)33-19-32-26)15-22-6-8-23(25(30)16-22)7-5-20-1-3-21(4-2-20)18-34-11-13-37-14-12-34/h1-4,6,8,16,19,24,31,35H,9-15,17-18H2,(H,32,33,36). The molecule has 1 unspecified atom stereocenters. The zero-order valence-electron chi connectivity index (χ0n) is 20.5. The third-order valence-electron chi connectivity index (χ3n) is 6.23. The number of hydrogen-bond donors (Lipinski definition) is 3. The first-order chi connectivity index (χ1) is 18.0. The number of morpholine rings is 1. The first-order valence-electron chi connectivity index (χ1n) is 12.3. The third-order valence-corrected chi connectivity index (χ3v) is 6.23. The molecule has 2 heterocycles. The van der Waals surface area contributed by atoms with E-state index in [1.807, 2.05) is 24.3 Å². The number of ether oxygens (including phenoxy) is 1. The van der Waals surface area contributed by atoms with Crippen LogP contribution >= 0.6 is 0 Å². The number of alkyl halides is 1. The van der Waals surface area contributed by atoms with Crippen LogP contribution in [0.1, 0.15) is 33.9 Å². The van der Waals surface area contributed by atoms with Crippen molar-refractivity contribution >= 4 is 0 Å². The highest BCUT2D eigenvalue weighted by atomic mass is 19.1. The van der Waals surface area contributed by atoms with E-state index in [1.54, 1.807) is 12.1 Å². The van der Waals surface area contributed by atoms with Crippen molar-refractivity contribution in [2.45, 2.75) is 18.9 Å². The second-order valence-electron chi connectivity index (χ2n) is 8.91.